The van der Waals surface area contributed by atoms with E-state index in [-0.39, 0.29) is 17.5 Å². The molecule has 3 aliphatic carbocycles. The Balaban J connectivity index is 1.71. The third-order valence-corrected chi connectivity index (χ3v) is 6.34. The first-order chi connectivity index (χ1) is 12.1. The fraction of sp³-hybridized carbons (Fsp3) is 0.273. The standard InChI is InChI=1S/C22H18O3/c23-18-12-17-14(13-6-2-1-3-7-13)10-11-22(18)19(17)20(24)15-8-4-5-9-16(15)21(22)25/h1-10,17-19,23H,11-12H2/t17-,18+,19+,22+/m0/s1. The molecule has 1 N–H and O–H groups in total. The maximum absolute atomic E-state index is 13.3. The average Bonchev–Trinajstić information content (AvgIpc) is 2.86. The van der Waals surface area contributed by atoms with Crippen LogP contribution in [0.1, 0.15) is 39.1 Å². The molecule has 3 heteroatoms. The van der Waals surface area contributed by atoms with Crippen LogP contribution in [0.5, 0.6) is 0 Å². The topological polar surface area (TPSA) is 54.4 Å². The minimum atomic E-state index is -0.978. The van der Waals surface area contributed by atoms with Crippen molar-refractivity contribution >= 4 is 17.1 Å². The van der Waals surface area contributed by atoms with E-state index < -0.39 is 17.4 Å². The number of carbonyl (C=O) groups is 2. The van der Waals surface area contributed by atoms with Crippen LogP contribution in [0.3, 0.4) is 0 Å². The van der Waals surface area contributed by atoms with E-state index in [1.54, 1.807) is 24.3 Å². The molecule has 0 heterocycles. The van der Waals surface area contributed by atoms with Crippen LogP contribution in [-0.2, 0) is 0 Å². The Morgan fingerprint density at radius 2 is 1.60 bits per heavy atom. The number of aliphatic hydroxyl groups is 1. The quantitative estimate of drug-likeness (QED) is 0.870. The SMILES string of the molecule is O=C1c2ccccc2C(=O)[C@]23CC=C(c4ccccc4)[C@H](C[C@H]2O)[C@H]13. The van der Waals surface area contributed by atoms with Crippen molar-refractivity contribution in [1.29, 1.82) is 0 Å². The van der Waals surface area contributed by atoms with Crippen LogP contribution in [0.25, 0.3) is 5.57 Å². The van der Waals surface area contributed by atoms with E-state index >= 15 is 0 Å². The number of hydrogen-bond donors (Lipinski definition) is 1. The van der Waals surface area contributed by atoms with Gasteiger partial charge in [0.15, 0.2) is 11.6 Å². The first-order valence-corrected chi connectivity index (χ1v) is 8.76. The summed E-state index contributed by atoms with van der Waals surface area (Å²) in [5.74, 6) is -0.606. The molecule has 4 atom stereocenters. The highest BCUT2D eigenvalue weighted by molar-refractivity contribution is 6.19. The highest BCUT2D eigenvalue weighted by Gasteiger charge is 2.65. The molecule has 2 aromatic carbocycles. The maximum Gasteiger partial charge on any atom is 0.173 e. The fourth-order valence-corrected chi connectivity index (χ4v) is 5.23. The molecule has 2 aromatic rings. The van der Waals surface area contributed by atoms with Gasteiger partial charge in [-0.25, -0.2) is 0 Å². The predicted octanol–water partition coefficient (Wildman–Crippen LogP) is 3.54. The number of allylic oxidation sites excluding steroid dienone is 2. The van der Waals surface area contributed by atoms with E-state index in [0.717, 1.165) is 11.1 Å². The van der Waals surface area contributed by atoms with E-state index in [4.69, 9.17) is 0 Å². The molecule has 0 unspecified atom stereocenters. The molecule has 124 valence electrons. The molecule has 2 bridgehead atoms. The van der Waals surface area contributed by atoms with Crippen molar-refractivity contribution in [3.8, 4) is 0 Å². The summed E-state index contributed by atoms with van der Waals surface area (Å²) in [6.07, 6.45) is 2.20. The molecule has 25 heavy (non-hydrogen) atoms. The number of ketones is 2. The van der Waals surface area contributed by atoms with E-state index in [1.807, 2.05) is 30.3 Å². The smallest absolute Gasteiger partial charge is 0.173 e. The Morgan fingerprint density at radius 3 is 2.36 bits per heavy atom. The maximum atomic E-state index is 13.3. The average molecular weight is 330 g/mol. The number of carbonyl (C=O) groups excluding carboxylic acids is 2. The Bertz CT molecular complexity index is 927. The van der Waals surface area contributed by atoms with Crippen LogP contribution in [0.15, 0.2) is 60.7 Å². The molecule has 0 spiro atoms. The van der Waals surface area contributed by atoms with Crippen LogP contribution < -0.4 is 0 Å². The second-order valence-electron chi connectivity index (χ2n) is 7.34. The van der Waals surface area contributed by atoms with Crippen LogP contribution in [0, 0.1) is 17.3 Å². The van der Waals surface area contributed by atoms with Gasteiger partial charge in [-0.1, -0.05) is 60.7 Å². The predicted molar refractivity (Wildman–Crippen MR) is 94.2 cm³/mol. The van der Waals surface area contributed by atoms with E-state index in [0.29, 0.717) is 24.0 Å². The van der Waals surface area contributed by atoms with Gasteiger partial charge in [-0.2, -0.15) is 0 Å². The summed E-state index contributed by atoms with van der Waals surface area (Å²) in [7, 11) is 0. The molecule has 5 rings (SSSR count). The summed E-state index contributed by atoms with van der Waals surface area (Å²) in [4.78, 5) is 26.6. The van der Waals surface area contributed by atoms with Gasteiger partial charge in [0.2, 0.25) is 0 Å². The highest BCUT2D eigenvalue weighted by atomic mass is 16.3. The Morgan fingerprint density at radius 1 is 0.920 bits per heavy atom. The lowest BCUT2D eigenvalue weighted by atomic mass is 9.57. The number of benzene rings is 2. The molecule has 3 nitrogen and oxygen atoms in total. The lowest BCUT2D eigenvalue weighted by Gasteiger charge is -2.43. The zero-order chi connectivity index (χ0) is 17.2. The van der Waals surface area contributed by atoms with Gasteiger partial charge < -0.3 is 5.11 Å². The minimum Gasteiger partial charge on any atom is -0.392 e. The van der Waals surface area contributed by atoms with Gasteiger partial charge in [0.05, 0.1) is 11.5 Å². The number of rotatable bonds is 1. The number of fused-ring (bicyclic) bond motifs is 1. The molecular formula is C22H18O3. The van der Waals surface area contributed by atoms with Crippen LogP contribution >= 0.6 is 0 Å². The molecule has 0 amide bonds. The molecular weight excluding hydrogens is 312 g/mol. The Labute approximate surface area is 146 Å². The van der Waals surface area contributed by atoms with Crippen molar-refractivity contribution in [3.63, 3.8) is 0 Å². The van der Waals surface area contributed by atoms with Gasteiger partial charge >= 0.3 is 0 Å². The van der Waals surface area contributed by atoms with Gasteiger partial charge in [0, 0.05) is 17.0 Å². The second kappa shape index (κ2) is 4.99. The number of hydrogen-bond acceptors (Lipinski definition) is 3. The summed E-state index contributed by atoms with van der Waals surface area (Å²) >= 11 is 0. The molecule has 1 saturated carbocycles. The van der Waals surface area contributed by atoms with Gasteiger partial charge in [0.1, 0.15) is 0 Å². The van der Waals surface area contributed by atoms with Crippen LogP contribution in [0.2, 0.25) is 0 Å². The first-order valence-electron chi connectivity index (χ1n) is 8.76. The van der Waals surface area contributed by atoms with Gasteiger partial charge in [0.25, 0.3) is 0 Å². The van der Waals surface area contributed by atoms with Crippen molar-refractivity contribution in [2.45, 2.75) is 18.9 Å². The summed E-state index contributed by atoms with van der Waals surface area (Å²) in [5, 5.41) is 10.9. The monoisotopic (exact) mass is 330 g/mol. The van der Waals surface area contributed by atoms with Gasteiger partial charge in [-0.3, -0.25) is 9.59 Å². The van der Waals surface area contributed by atoms with Crippen LogP contribution in [-0.4, -0.2) is 22.8 Å². The molecule has 1 fully saturated rings. The summed E-state index contributed by atoms with van der Waals surface area (Å²) in [6.45, 7) is 0. The number of aliphatic hydroxyl groups excluding tert-OH is 1. The Kier molecular flexibility index (Phi) is 2.95. The van der Waals surface area contributed by atoms with Crippen molar-refractivity contribution in [2.24, 2.45) is 17.3 Å². The molecule has 0 aromatic heterocycles. The molecule has 3 aliphatic rings. The number of Topliss-reactive ketones (excluding diaryl/α,β-unsaturated/α-hetero) is 2. The lowest BCUT2D eigenvalue weighted by Crippen LogP contribution is -2.51. The summed E-state index contributed by atoms with van der Waals surface area (Å²) in [6, 6.07) is 17.0. The lowest BCUT2D eigenvalue weighted by molar-refractivity contribution is 0.0206. The zero-order valence-electron chi connectivity index (χ0n) is 13.7. The highest BCUT2D eigenvalue weighted by Crippen LogP contribution is 2.61. The van der Waals surface area contributed by atoms with Crippen molar-refractivity contribution in [3.05, 3.63) is 77.4 Å². The molecule has 0 aliphatic heterocycles. The summed E-state index contributed by atoms with van der Waals surface area (Å²) < 4.78 is 0. The largest absolute Gasteiger partial charge is 0.392 e. The summed E-state index contributed by atoms with van der Waals surface area (Å²) in [5.41, 5.74) is 2.18. The normalized spacial score (nSPS) is 32.8. The van der Waals surface area contributed by atoms with Gasteiger partial charge in [-0.05, 0) is 29.9 Å². The van der Waals surface area contributed by atoms with Crippen molar-refractivity contribution in [1.82, 2.24) is 0 Å². The van der Waals surface area contributed by atoms with Crippen LogP contribution in [0.4, 0.5) is 0 Å². The van der Waals surface area contributed by atoms with Gasteiger partial charge in [-0.15, -0.1) is 0 Å². The third kappa shape index (κ3) is 1.74. The van der Waals surface area contributed by atoms with Crippen molar-refractivity contribution < 1.29 is 14.7 Å². The fourth-order valence-electron chi connectivity index (χ4n) is 5.23. The van der Waals surface area contributed by atoms with Crippen molar-refractivity contribution in [2.75, 3.05) is 0 Å². The van der Waals surface area contributed by atoms with E-state index in [2.05, 4.69) is 6.08 Å². The van der Waals surface area contributed by atoms with E-state index in [1.165, 1.54) is 0 Å². The second-order valence-corrected chi connectivity index (χ2v) is 7.34. The first kappa shape index (κ1) is 14.8. The minimum absolute atomic E-state index is 0.0123. The molecule has 0 radical (unpaired) electrons. The Hall–Kier alpha value is -2.52. The third-order valence-electron chi connectivity index (χ3n) is 6.34. The molecule has 0 saturated heterocycles. The van der Waals surface area contributed by atoms with E-state index in [9.17, 15) is 14.7 Å². The zero-order valence-corrected chi connectivity index (χ0v) is 13.7.